The van der Waals surface area contributed by atoms with Gasteiger partial charge in [-0.05, 0) is 11.6 Å². The summed E-state index contributed by atoms with van der Waals surface area (Å²) in [6.45, 7) is 0. The van der Waals surface area contributed by atoms with Crippen LogP contribution in [0.2, 0.25) is 0 Å². The minimum atomic E-state index is -0.337. The highest BCUT2D eigenvalue weighted by molar-refractivity contribution is 6.38. The van der Waals surface area contributed by atoms with E-state index >= 15 is 0 Å². The Morgan fingerprint density at radius 1 is 1.46 bits per heavy atom. The molecule has 0 fully saturated rings. The van der Waals surface area contributed by atoms with Crippen molar-refractivity contribution in [3.63, 3.8) is 0 Å². The number of carbonyl (C=O) groups is 1. The number of hydrogen-bond donors (Lipinski definition) is 0. The first-order valence-corrected chi connectivity index (χ1v) is 4.05. The number of rotatable bonds is 1. The van der Waals surface area contributed by atoms with Gasteiger partial charge in [0.1, 0.15) is 5.71 Å². The largest absolute Gasteiger partial charge is 0.465 e. The number of esters is 1. The monoisotopic (exact) mass is 175 g/mol. The first kappa shape index (κ1) is 7.98. The molecule has 1 heterocycles. The fourth-order valence-corrected chi connectivity index (χ4v) is 1.37. The lowest BCUT2D eigenvalue weighted by Crippen LogP contribution is -2.15. The highest BCUT2D eigenvalue weighted by atomic mass is 16.5. The zero-order chi connectivity index (χ0) is 9.26. The van der Waals surface area contributed by atoms with Crippen molar-refractivity contribution in [2.24, 2.45) is 4.99 Å². The van der Waals surface area contributed by atoms with Gasteiger partial charge in [0.25, 0.3) is 0 Å². The minimum Gasteiger partial charge on any atom is -0.465 e. The van der Waals surface area contributed by atoms with E-state index in [0.29, 0.717) is 12.1 Å². The number of nitrogens with zero attached hydrogens (tertiary/aromatic N) is 1. The topological polar surface area (TPSA) is 38.7 Å². The molecule has 0 aliphatic carbocycles. The second kappa shape index (κ2) is 3.01. The van der Waals surface area contributed by atoms with Gasteiger partial charge in [-0.2, -0.15) is 0 Å². The van der Waals surface area contributed by atoms with Crippen molar-refractivity contribution in [2.45, 2.75) is 6.42 Å². The first-order chi connectivity index (χ1) is 6.31. The van der Waals surface area contributed by atoms with Crippen molar-refractivity contribution in [3.8, 4) is 0 Å². The van der Waals surface area contributed by atoms with Gasteiger partial charge in [-0.1, -0.05) is 18.2 Å². The molecule has 1 aliphatic rings. The molecule has 13 heavy (non-hydrogen) atoms. The van der Waals surface area contributed by atoms with Crippen molar-refractivity contribution in [1.29, 1.82) is 0 Å². The van der Waals surface area contributed by atoms with Gasteiger partial charge in [-0.25, -0.2) is 9.79 Å². The molecule has 0 unspecified atom stereocenters. The summed E-state index contributed by atoms with van der Waals surface area (Å²) in [7, 11) is 1.37. The Hall–Kier alpha value is -1.64. The molecule has 0 saturated heterocycles. The number of hydrogen-bond acceptors (Lipinski definition) is 3. The van der Waals surface area contributed by atoms with Gasteiger partial charge >= 0.3 is 5.97 Å². The Morgan fingerprint density at radius 3 is 2.92 bits per heavy atom. The summed E-state index contributed by atoms with van der Waals surface area (Å²) in [6, 6.07) is 7.71. The van der Waals surface area contributed by atoms with Crippen LogP contribution in [-0.2, 0) is 16.0 Å². The molecule has 1 aromatic carbocycles. The molecule has 2 rings (SSSR count). The smallest absolute Gasteiger partial charge is 0.352 e. The average molecular weight is 175 g/mol. The lowest BCUT2D eigenvalue weighted by atomic mass is 10.1. The van der Waals surface area contributed by atoms with Crippen molar-refractivity contribution in [3.05, 3.63) is 29.8 Å². The lowest BCUT2D eigenvalue weighted by Gasteiger charge is -1.95. The Morgan fingerprint density at radius 2 is 2.23 bits per heavy atom. The Balaban J connectivity index is 2.31. The number of ether oxygens (including phenoxy) is 1. The Kier molecular flexibility index (Phi) is 1.85. The van der Waals surface area contributed by atoms with E-state index in [-0.39, 0.29) is 5.97 Å². The van der Waals surface area contributed by atoms with E-state index in [0.717, 1.165) is 11.3 Å². The van der Waals surface area contributed by atoms with E-state index in [2.05, 4.69) is 9.73 Å². The van der Waals surface area contributed by atoms with Gasteiger partial charge in [-0.15, -0.1) is 0 Å². The van der Waals surface area contributed by atoms with Crippen molar-refractivity contribution in [2.75, 3.05) is 7.11 Å². The van der Waals surface area contributed by atoms with Crippen LogP contribution >= 0.6 is 0 Å². The predicted molar refractivity (Wildman–Crippen MR) is 49.3 cm³/mol. The highest BCUT2D eigenvalue weighted by Crippen LogP contribution is 2.25. The van der Waals surface area contributed by atoms with Crippen LogP contribution in [0.15, 0.2) is 29.3 Å². The van der Waals surface area contributed by atoms with Gasteiger partial charge in [0.2, 0.25) is 0 Å². The molecular formula is C10H9NO2. The molecule has 0 bridgehead atoms. The maximum absolute atomic E-state index is 11.1. The van der Waals surface area contributed by atoms with E-state index in [1.54, 1.807) is 0 Å². The number of carbonyl (C=O) groups excluding carboxylic acids is 1. The second-order valence-electron chi connectivity index (χ2n) is 2.86. The molecule has 0 amide bonds. The summed E-state index contributed by atoms with van der Waals surface area (Å²) in [5, 5.41) is 0. The van der Waals surface area contributed by atoms with Crippen LogP contribution in [0.25, 0.3) is 0 Å². The molecule has 66 valence electrons. The van der Waals surface area contributed by atoms with E-state index in [9.17, 15) is 4.79 Å². The SMILES string of the molecule is COC(=O)C1=Nc2ccccc2C1. The summed E-state index contributed by atoms with van der Waals surface area (Å²) in [5.41, 5.74) is 2.45. The highest BCUT2D eigenvalue weighted by Gasteiger charge is 2.19. The number of benzene rings is 1. The normalized spacial score (nSPS) is 13.5. The van der Waals surface area contributed by atoms with Crippen molar-refractivity contribution < 1.29 is 9.53 Å². The van der Waals surface area contributed by atoms with Gasteiger partial charge in [0.15, 0.2) is 0 Å². The first-order valence-electron chi connectivity index (χ1n) is 4.05. The molecule has 1 aliphatic heterocycles. The zero-order valence-electron chi connectivity index (χ0n) is 7.28. The summed E-state index contributed by atoms with van der Waals surface area (Å²) >= 11 is 0. The summed E-state index contributed by atoms with van der Waals surface area (Å²) in [4.78, 5) is 15.3. The third-order valence-electron chi connectivity index (χ3n) is 2.03. The van der Waals surface area contributed by atoms with E-state index in [1.807, 2.05) is 24.3 Å². The fraction of sp³-hybridized carbons (Fsp3) is 0.200. The number of methoxy groups -OCH3 is 1. The van der Waals surface area contributed by atoms with E-state index in [4.69, 9.17) is 0 Å². The molecular weight excluding hydrogens is 166 g/mol. The third kappa shape index (κ3) is 1.33. The average Bonchev–Trinajstić information content (AvgIpc) is 2.59. The fourth-order valence-electron chi connectivity index (χ4n) is 1.37. The maximum atomic E-state index is 11.1. The van der Waals surface area contributed by atoms with Crippen molar-refractivity contribution in [1.82, 2.24) is 0 Å². The summed E-state index contributed by atoms with van der Waals surface area (Å²) in [6.07, 6.45) is 0.586. The zero-order valence-corrected chi connectivity index (χ0v) is 7.28. The second-order valence-corrected chi connectivity index (χ2v) is 2.86. The molecule has 0 spiro atoms. The lowest BCUT2D eigenvalue weighted by molar-refractivity contribution is -0.132. The maximum Gasteiger partial charge on any atom is 0.352 e. The Labute approximate surface area is 76.1 Å². The minimum absolute atomic E-state index is 0.337. The summed E-state index contributed by atoms with van der Waals surface area (Å²) in [5.74, 6) is -0.337. The van der Waals surface area contributed by atoms with Crippen LogP contribution in [0.4, 0.5) is 5.69 Å². The van der Waals surface area contributed by atoms with E-state index in [1.165, 1.54) is 7.11 Å². The molecule has 0 aromatic heterocycles. The third-order valence-corrected chi connectivity index (χ3v) is 2.03. The van der Waals surface area contributed by atoms with Gasteiger partial charge < -0.3 is 4.74 Å². The van der Waals surface area contributed by atoms with Crippen molar-refractivity contribution >= 4 is 17.4 Å². The number of para-hydroxylation sites is 1. The number of aliphatic imine (C=N–C) groups is 1. The molecule has 0 atom stereocenters. The molecule has 3 heteroatoms. The van der Waals surface area contributed by atoms with Crippen LogP contribution < -0.4 is 0 Å². The molecule has 0 saturated carbocycles. The number of fused-ring (bicyclic) bond motifs is 1. The molecule has 1 aromatic rings. The van der Waals surface area contributed by atoms with Crippen LogP contribution in [-0.4, -0.2) is 18.8 Å². The standard InChI is InChI=1S/C10H9NO2/c1-13-10(12)9-6-7-4-2-3-5-8(7)11-9/h2-5H,6H2,1H3. The van der Waals surface area contributed by atoms with Crippen LogP contribution in [0, 0.1) is 0 Å². The molecule has 3 nitrogen and oxygen atoms in total. The van der Waals surface area contributed by atoms with Crippen LogP contribution in [0.3, 0.4) is 0 Å². The molecule has 0 N–H and O–H groups in total. The van der Waals surface area contributed by atoms with E-state index < -0.39 is 0 Å². The van der Waals surface area contributed by atoms with Gasteiger partial charge in [-0.3, -0.25) is 0 Å². The summed E-state index contributed by atoms with van der Waals surface area (Å²) < 4.78 is 4.60. The van der Waals surface area contributed by atoms with Gasteiger partial charge in [0.05, 0.1) is 12.8 Å². The Bertz CT molecular complexity index is 382. The quantitative estimate of drug-likeness (QED) is 0.606. The van der Waals surface area contributed by atoms with Crippen LogP contribution in [0.1, 0.15) is 5.56 Å². The predicted octanol–water partition coefficient (Wildman–Crippen LogP) is 1.49. The van der Waals surface area contributed by atoms with Crippen LogP contribution in [0.5, 0.6) is 0 Å². The van der Waals surface area contributed by atoms with Gasteiger partial charge in [0, 0.05) is 6.42 Å². The molecule has 0 radical (unpaired) electrons.